The molecule has 0 radical (unpaired) electrons. The Morgan fingerprint density at radius 1 is 1.14 bits per heavy atom. The van der Waals surface area contributed by atoms with Gasteiger partial charge in [0.2, 0.25) is 5.91 Å². The second kappa shape index (κ2) is 7.46. The normalized spacial score (nSPS) is 10.7. The summed E-state index contributed by atoms with van der Waals surface area (Å²) < 4.78 is 0. The van der Waals surface area contributed by atoms with Crippen molar-refractivity contribution in [3.05, 3.63) is 64.1 Å². The molecule has 0 spiro atoms. The summed E-state index contributed by atoms with van der Waals surface area (Å²) >= 11 is 12.0. The third-order valence-corrected chi connectivity index (χ3v) is 3.51. The van der Waals surface area contributed by atoms with Crippen molar-refractivity contribution in [3.8, 4) is 0 Å². The number of hydrogen-bond acceptors (Lipinski definition) is 2. The first kappa shape index (κ1) is 15.8. The summed E-state index contributed by atoms with van der Waals surface area (Å²) in [7, 11) is 1.87. The molecule has 2 aromatic carbocycles. The lowest BCUT2D eigenvalue weighted by molar-refractivity contribution is -0.117. The van der Waals surface area contributed by atoms with Crippen molar-refractivity contribution in [2.45, 2.75) is 6.54 Å². The predicted molar refractivity (Wildman–Crippen MR) is 87.9 cm³/mol. The molecule has 0 fully saturated rings. The zero-order chi connectivity index (χ0) is 15.2. The molecule has 0 aromatic heterocycles. The number of amides is 1. The number of anilines is 1. The summed E-state index contributed by atoms with van der Waals surface area (Å²) in [5.41, 5.74) is 1.73. The molecule has 2 rings (SSSR count). The number of likely N-dealkylation sites (N-methyl/N-ethyl adjacent to an activating group) is 1. The second-order valence-corrected chi connectivity index (χ2v) is 5.67. The van der Waals surface area contributed by atoms with Crippen LogP contribution < -0.4 is 5.32 Å². The van der Waals surface area contributed by atoms with E-state index in [9.17, 15) is 4.79 Å². The van der Waals surface area contributed by atoms with Gasteiger partial charge < -0.3 is 5.32 Å². The molecule has 0 aliphatic rings. The Morgan fingerprint density at radius 3 is 2.52 bits per heavy atom. The maximum Gasteiger partial charge on any atom is 0.238 e. The Morgan fingerprint density at radius 2 is 1.86 bits per heavy atom. The second-order valence-electron chi connectivity index (χ2n) is 4.82. The van der Waals surface area contributed by atoms with Crippen LogP contribution in [-0.2, 0) is 11.3 Å². The standard InChI is InChI=1S/C16H16Cl2N2O/c1-20(10-12-7-8-13(17)9-15(12)18)11-16(21)19-14-5-3-2-4-6-14/h2-9H,10-11H2,1H3,(H,19,21). The monoisotopic (exact) mass is 322 g/mol. The maximum atomic E-state index is 11.9. The summed E-state index contributed by atoms with van der Waals surface area (Å²) in [6.07, 6.45) is 0. The third-order valence-electron chi connectivity index (χ3n) is 2.93. The fourth-order valence-corrected chi connectivity index (χ4v) is 2.43. The number of nitrogens with one attached hydrogen (secondary N) is 1. The van der Waals surface area contributed by atoms with E-state index >= 15 is 0 Å². The smallest absolute Gasteiger partial charge is 0.238 e. The van der Waals surface area contributed by atoms with Gasteiger partial charge in [0.1, 0.15) is 0 Å². The van der Waals surface area contributed by atoms with Gasteiger partial charge in [0, 0.05) is 22.3 Å². The van der Waals surface area contributed by atoms with Gasteiger partial charge in [-0.3, -0.25) is 9.69 Å². The Bertz CT molecular complexity index is 617. The fourth-order valence-electron chi connectivity index (χ4n) is 1.96. The lowest BCUT2D eigenvalue weighted by Crippen LogP contribution is -2.29. The summed E-state index contributed by atoms with van der Waals surface area (Å²) in [6, 6.07) is 14.7. The Balaban J connectivity index is 1.89. The molecule has 5 heteroatoms. The van der Waals surface area contributed by atoms with Crippen molar-refractivity contribution in [1.82, 2.24) is 4.90 Å². The molecule has 0 saturated heterocycles. The van der Waals surface area contributed by atoms with Crippen LogP contribution in [0.2, 0.25) is 10.0 Å². The van der Waals surface area contributed by atoms with Crippen LogP contribution in [0.5, 0.6) is 0 Å². The fraction of sp³-hybridized carbons (Fsp3) is 0.188. The van der Waals surface area contributed by atoms with E-state index in [0.717, 1.165) is 11.3 Å². The van der Waals surface area contributed by atoms with Gasteiger partial charge in [-0.05, 0) is 36.9 Å². The van der Waals surface area contributed by atoms with Crippen molar-refractivity contribution in [1.29, 1.82) is 0 Å². The molecule has 0 aliphatic carbocycles. The number of nitrogens with zero attached hydrogens (tertiary/aromatic N) is 1. The van der Waals surface area contributed by atoms with Crippen LogP contribution >= 0.6 is 23.2 Å². The van der Waals surface area contributed by atoms with E-state index in [1.165, 1.54) is 0 Å². The van der Waals surface area contributed by atoms with Crippen LogP contribution in [0.1, 0.15) is 5.56 Å². The lowest BCUT2D eigenvalue weighted by atomic mass is 10.2. The number of halogens is 2. The average Bonchev–Trinajstić information content (AvgIpc) is 2.43. The van der Waals surface area contributed by atoms with E-state index < -0.39 is 0 Å². The zero-order valence-electron chi connectivity index (χ0n) is 11.6. The minimum Gasteiger partial charge on any atom is -0.325 e. The van der Waals surface area contributed by atoms with E-state index in [-0.39, 0.29) is 12.5 Å². The maximum absolute atomic E-state index is 11.9. The number of carbonyl (C=O) groups excluding carboxylic acids is 1. The molecule has 1 N–H and O–H groups in total. The number of rotatable bonds is 5. The van der Waals surface area contributed by atoms with Gasteiger partial charge in [-0.15, -0.1) is 0 Å². The van der Waals surface area contributed by atoms with Gasteiger partial charge in [0.25, 0.3) is 0 Å². The third kappa shape index (κ3) is 5.05. The predicted octanol–water partition coefficient (Wildman–Crippen LogP) is 4.06. The summed E-state index contributed by atoms with van der Waals surface area (Å²) in [4.78, 5) is 13.8. The Labute approximate surface area is 134 Å². The molecule has 1 amide bonds. The van der Waals surface area contributed by atoms with Gasteiger partial charge in [-0.25, -0.2) is 0 Å². The van der Waals surface area contributed by atoms with Gasteiger partial charge in [-0.1, -0.05) is 47.5 Å². The lowest BCUT2D eigenvalue weighted by Gasteiger charge is -2.17. The van der Waals surface area contributed by atoms with E-state index in [1.54, 1.807) is 12.1 Å². The largest absolute Gasteiger partial charge is 0.325 e. The molecule has 0 atom stereocenters. The highest BCUT2D eigenvalue weighted by Gasteiger charge is 2.09. The number of para-hydroxylation sites is 1. The molecular weight excluding hydrogens is 307 g/mol. The minimum absolute atomic E-state index is 0.0613. The first-order valence-electron chi connectivity index (χ1n) is 6.52. The quantitative estimate of drug-likeness (QED) is 0.900. The van der Waals surface area contributed by atoms with Crippen molar-refractivity contribution in [2.24, 2.45) is 0 Å². The SMILES string of the molecule is CN(CC(=O)Nc1ccccc1)Cc1ccc(Cl)cc1Cl. The van der Waals surface area contributed by atoms with E-state index in [4.69, 9.17) is 23.2 Å². The molecule has 0 aliphatic heterocycles. The molecule has 0 bridgehead atoms. The van der Waals surface area contributed by atoms with Crippen LogP contribution in [0.3, 0.4) is 0 Å². The highest BCUT2D eigenvalue weighted by atomic mass is 35.5. The average molecular weight is 323 g/mol. The Hall–Kier alpha value is -1.55. The molecule has 2 aromatic rings. The van der Waals surface area contributed by atoms with Gasteiger partial charge in [-0.2, -0.15) is 0 Å². The van der Waals surface area contributed by atoms with Crippen molar-refractivity contribution in [2.75, 3.05) is 18.9 Å². The number of carbonyl (C=O) groups is 1. The van der Waals surface area contributed by atoms with Crippen LogP contribution in [0.25, 0.3) is 0 Å². The number of hydrogen-bond donors (Lipinski definition) is 1. The topological polar surface area (TPSA) is 32.3 Å². The molecule has 0 unspecified atom stereocenters. The summed E-state index contributed by atoms with van der Waals surface area (Å²) in [6.45, 7) is 0.867. The van der Waals surface area contributed by atoms with Gasteiger partial charge in [0.15, 0.2) is 0 Å². The first-order valence-corrected chi connectivity index (χ1v) is 7.27. The van der Waals surface area contributed by atoms with Crippen LogP contribution in [-0.4, -0.2) is 24.4 Å². The molecule has 21 heavy (non-hydrogen) atoms. The van der Waals surface area contributed by atoms with Crippen LogP contribution in [0.4, 0.5) is 5.69 Å². The van der Waals surface area contributed by atoms with Crippen molar-refractivity contribution in [3.63, 3.8) is 0 Å². The molecule has 0 heterocycles. The Kier molecular flexibility index (Phi) is 5.62. The summed E-state index contributed by atoms with van der Waals surface area (Å²) in [5, 5.41) is 4.06. The summed E-state index contributed by atoms with van der Waals surface area (Å²) in [5.74, 6) is -0.0613. The van der Waals surface area contributed by atoms with Crippen LogP contribution in [0, 0.1) is 0 Å². The molecular formula is C16H16Cl2N2O. The van der Waals surface area contributed by atoms with E-state index in [1.807, 2.05) is 48.3 Å². The highest BCUT2D eigenvalue weighted by Crippen LogP contribution is 2.21. The minimum atomic E-state index is -0.0613. The van der Waals surface area contributed by atoms with Crippen molar-refractivity contribution >= 4 is 34.8 Å². The molecule has 0 saturated carbocycles. The van der Waals surface area contributed by atoms with E-state index in [2.05, 4.69) is 5.32 Å². The first-order chi connectivity index (χ1) is 10.0. The van der Waals surface area contributed by atoms with Gasteiger partial charge in [0.05, 0.1) is 6.54 Å². The number of benzene rings is 2. The van der Waals surface area contributed by atoms with E-state index in [0.29, 0.717) is 16.6 Å². The highest BCUT2D eigenvalue weighted by molar-refractivity contribution is 6.35. The van der Waals surface area contributed by atoms with Crippen LogP contribution in [0.15, 0.2) is 48.5 Å². The van der Waals surface area contributed by atoms with Crippen molar-refractivity contribution < 1.29 is 4.79 Å². The zero-order valence-corrected chi connectivity index (χ0v) is 13.2. The molecule has 110 valence electrons. The molecule has 3 nitrogen and oxygen atoms in total. The van der Waals surface area contributed by atoms with Gasteiger partial charge >= 0.3 is 0 Å².